The standard InChI is InChI=1S/C10H17NO4/c11-7-3-1-6(2-4-7)5-8(9(12)13)10(14)15/h6-8H,1-5,11H2,(H,12,13)(H,14,15). The number of carboxylic acids is 2. The molecule has 0 aromatic rings. The maximum absolute atomic E-state index is 10.7. The molecule has 0 atom stereocenters. The Hall–Kier alpha value is -1.10. The van der Waals surface area contributed by atoms with Crippen molar-refractivity contribution in [2.24, 2.45) is 17.6 Å². The zero-order chi connectivity index (χ0) is 11.4. The van der Waals surface area contributed by atoms with Gasteiger partial charge in [0.15, 0.2) is 5.92 Å². The first-order valence-corrected chi connectivity index (χ1v) is 5.22. The van der Waals surface area contributed by atoms with Crippen LogP contribution < -0.4 is 5.73 Å². The van der Waals surface area contributed by atoms with Gasteiger partial charge in [-0.3, -0.25) is 9.59 Å². The first-order chi connectivity index (χ1) is 7.00. The molecule has 0 unspecified atom stereocenters. The monoisotopic (exact) mass is 215 g/mol. The van der Waals surface area contributed by atoms with E-state index < -0.39 is 17.9 Å². The van der Waals surface area contributed by atoms with Crippen LogP contribution in [-0.2, 0) is 9.59 Å². The molecule has 1 saturated carbocycles. The molecular formula is C10H17NO4. The number of rotatable bonds is 4. The molecule has 86 valence electrons. The normalized spacial score (nSPS) is 26.5. The van der Waals surface area contributed by atoms with Crippen molar-refractivity contribution in [1.82, 2.24) is 0 Å². The van der Waals surface area contributed by atoms with E-state index in [1.165, 1.54) is 0 Å². The number of hydrogen-bond donors (Lipinski definition) is 3. The molecule has 0 aliphatic heterocycles. The van der Waals surface area contributed by atoms with Gasteiger partial charge in [0.1, 0.15) is 0 Å². The molecule has 0 amide bonds. The van der Waals surface area contributed by atoms with Gasteiger partial charge in [-0.25, -0.2) is 0 Å². The lowest BCUT2D eigenvalue weighted by Crippen LogP contribution is -2.31. The summed E-state index contributed by atoms with van der Waals surface area (Å²) in [5.74, 6) is -3.54. The lowest BCUT2D eigenvalue weighted by atomic mass is 9.81. The molecule has 1 aliphatic rings. The Morgan fingerprint density at radius 3 is 2.00 bits per heavy atom. The van der Waals surface area contributed by atoms with Crippen LogP contribution in [0.2, 0.25) is 0 Å². The molecule has 4 N–H and O–H groups in total. The summed E-state index contributed by atoms with van der Waals surface area (Å²) in [6.45, 7) is 0. The third kappa shape index (κ3) is 3.51. The Bertz CT molecular complexity index is 232. The summed E-state index contributed by atoms with van der Waals surface area (Å²) in [4.78, 5) is 21.3. The Morgan fingerprint density at radius 1 is 1.13 bits per heavy atom. The highest BCUT2D eigenvalue weighted by atomic mass is 16.4. The SMILES string of the molecule is NC1CCC(CC(C(=O)O)C(=O)O)CC1. The minimum absolute atomic E-state index is 0.196. The van der Waals surface area contributed by atoms with Gasteiger partial charge in [0, 0.05) is 6.04 Å². The number of hydrogen-bond acceptors (Lipinski definition) is 3. The molecule has 0 spiro atoms. The Morgan fingerprint density at radius 2 is 1.60 bits per heavy atom. The van der Waals surface area contributed by atoms with E-state index in [-0.39, 0.29) is 18.4 Å². The fraction of sp³-hybridized carbons (Fsp3) is 0.800. The first-order valence-electron chi connectivity index (χ1n) is 5.22. The third-order valence-corrected chi connectivity index (χ3v) is 3.06. The predicted octanol–water partition coefficient (Wildman–Crippen LogP) is 0.679. The second-order valence-corrected chi connectivity index (χ2v) is 4.25. The van der Waals surface area contributed by atoms with E-state index in [1.54, 1.807) is 0 Å². The molecule has 1 fully saturated rings. The van der Waals surface area contributed by atoms with Crippen molar-refractivity contribution in [2.45, 2.75) is 38.1 Å². The average Bonchev–Trinajstić information content (AvgIpc) is 2.15. The summed E-state index contributed by atoms with van der Waals surface area (Å²) in [6.07, 6.45) is 3.67. The van der Waals surface area contributed by atoms with Crippen LogP contribution in [0.4, 0.5) is 0 Å². The molecule has 5 nitrogen and oxygen atoms in total. The van der Waals surface area contributed by atoms with Crippen LogP contribution in [0, 0.1) is 11.8 Å². The van der Waals surface area contributed by atoms with Crippen molar-refractivity contribution in [2.75, 3.05) is 0 Å². The highest BCUT2D eigenvalue weighted by Crippen LogP contribution is 2.28. The van der Waals surface area contributed by atoms with E-state index >= 15 is 0 Å². The molecule has 0 radical (unpaired) electrons. The second kappa shape index (κ2) is 5.11. The molecule has 0 aromatic carbocycles. The van der Waals surface area contributed by atoms with Crippen LogP contribution in [0.25, 0.3) is 0 Å². The van der Waals surface area contributed by atoms with Gasteiger partial charge < -0.3 is 15.9 Å². The third-order valence-electron chi connectivity index (χ3n) is 3.06. The minimum Gasteiger partial charge on any atom is -0.481 e. The molecule has 15 heavy (non-hydrogen) atoms. The van der Waals surface area contributed by atoms with Crippen LogP contribution in [0.15, 0.2) is 0 Å². The minimum atomic E-state index is -1.26. The van der Waals surface area contributed by atoms with Crippen molar-refractivity contribution >= 4 is 11.9 Å². The summed E-state index contributed by atoms with van der Waals surface area (Å²) in [6, 6.07) is 0.203. The van der Waals surface area contributed by atoms with Crippen molar-refractivity contribution in [3.05, 3.63) is 0 Å². The molecule has 0 bridgehead atoms. The number of carboxylic acid groups (broad SMARTS) is 2. The second-order valence-electron chi connectivity index (χ2n) is 4.25. The van der Waals surface area contributed by atoms with Gasteiger partial charge in [-0.2, -0.15) is 0 Å². The zero-order valence-corrected chi connectivity index (χ0v) is 8.56. The van der Waals surface area contributed by atoms with Gasteiger partial charge in [-0.05, 0) is 38.0 Å². The maximum Gasteiger partial charge on any atom is 0.317 e. The van der Waals surface area contributed by atoms with E-state index in [1.807, 2.05) is 0 Å². The van der Waals surface area contributed by atoms with Crippen LogP contribution in [0.3, 0.4) is 0 Å². The maximum atomic E-state index is 10.7. The molecular weight excluding hydrogens is 198 g/mol. The molecule has 1 aliphatic carbocycles. The Kier molecular flexibility index (Phi) is 4.08. The summed E-state index contributed by atoms with van der Waals surface area (Å²) < 4.78 is 0. The Labute approximate surface area is 88.3 Å². The summed E-state index contributed by atoms with van der Waals surface area (Å²) in [7, 11) is 0. The Balaban J connectivity index is 2.45. The van der Waals surface area contributed by atoms with Crippen LogP contribution >= 0.6 is 0 Å². The molecule has 0 saturated heterocycles. The predicted molar refractivity (Wildman–Crippen MR) is 53.3 cm³/mol. The lowest BCUT2D eigenvalue weighted by molar-refractivity contribution is -0.155. The summed E-state index contributed by atoms with van der Waals surface area (Å²) in [5.41, 5.74) is 5.71. The van der Waals surface area contributed by atoms with Crippen LogP contribution in [-0.4, -0.2) is 28.2 Å². The van der Waals surface area contributed by atoms with Crippen LogP contribution in [0.1, 0.15) is 32.1 Å². The smallest absolute Gasteiger partial charge is 0.317 e. The number of nitrogens with two attached hydrogens (primary N) is 1. The van der Waals surface area contributed by atoms with Crippen molar-refractivity contribution in [1.29, 1.82) is 0 Å². The molecule has 0 aromatic heterocycles. The topological polar surface area (TPSA) is 101 Å². The molecule has 1 rings (SSSR count). The van der Waals surface area contributed by atoms with Crippen molar-refractivity contribution in [3.63, 3.8) is 0 Å². The zero-order valence-electron chi connectivity index (χ0n) is 8.56. The molecule has 5 heteroatoms. The number of aliphatic carboxylic acids is 2. The van der Waals surface area contributed by atoms with E-state index in [0.29, 0.717) is 0 Å². The summed E-state index contributed by atoms with van der Waals surface area (Å²) >= 11 is 0. The van der Waals surface area contributed by atoms with Gasteiger partial charge in [0.25, 0.3) is 0 Å². The highest BCUT2D eigenvalue weighted by Gasteiger charge is 2.30. The lowest BCUT2D eigenvalue weighted by Gasteiger charge is -2.26. The average molecular weight is 215 g/mol. The van der Waals surface area contributed by atoms with Gasteiger partial charge in [0.05, 0.1) is 0 Å². The van der Waals surface area contributed by atoms with E-state index in [4.69, 9.17) is 15.9 Å². The molecule has 0 heterocycles. The van der Waals surface area contributed by atoms with E-state index in [2.05, 4.69) is 0 Å². The van der Waals surface area contributed by atoms with E-state index in [9.17, 15) is 9.59 Å². The van der Waals surface area contributed by atoms with E-state index in [0.717, 1.165) is 25.7 Å². The van der Waals surface area contributed by atoms with Gasteiger partial charge in [-0.1, -0.05) is 0 Å². The van der Waals surface area contributed by atoms with Gasteiger partial charge >= 0.3 is 11.9 Å². The van der Waals surface area contributed by atoms with Crippen LogP contribution in [0.5, 0.6) is 0 Å². The van der Waals surface area contributed by atoms with Gasteiger partial charge in [0.2, 0.25) is 0 Å². The first kappa shape index (κ1) is 12.0. The highest BCUT2D eigenvalue weighted by molar-refractivity contribution is 5.92. The largest absolute Gasteiger partial charge is 0.481 e. The fourth-order valence-electron chi connectivity index (χ4n) is 2.06. The quantitative estimate of drug-likeness (QED) is 0.599. The summed E-state index contributed by atoms with van der Waals surface area (Å²) in [5, 5.41) is 17.4. The fourth-order valence-corrected chi connectivity index (χ4v) is 2.06. The van der Waals surface area contributed by atoms with Crippen molar-refractivity contribution < 1.29 is 19.8 Å². The number of carbonyl (C=O) groups is 2. The van der Waals surface area contributed by atoms with Crippen molar-refractivity contribution in [3.8, 4) is 0 Å². The van der Waals surface area contributed by atoms with Gasteiger partial charge in [-0.15, -0.1) is 0 Å².